The number of carbonyl (C=O) groups is 3. The number of carbonyl (C=O) groups excluding carboxylic acids is 3. The zero-order valence-corrected chi connectivity index (χ0v) is 17.7. The highest BCUT2D eigenvalue weighted by Gasteiger charge is 2.29. The molecule has 0 aliphatic carbocycles. The minimum absolute atomic E-state index is 0.153. The van der Waals surface area contributed by atoms with Gasteiger partial charge in [0, 0.05) is 18.5 Å². The molecule has 1 aromatic carbocycles. The first-order valence-electron chi connectivity index (χ1n) is 9.36. The number of rotatable bonds is 10. The Labute approximate surface area is 175 Å². The van der Waals surface area contributed by atoms with Gasteiger partial charge in [0.05, 0.1) is 19.1 Å². The van der Waals surface area contributed by atoms with Crippen LogP contribution < -0.4 is 4.72 Å². The Bertz CT molecular complexity index is 910. The molecule has 1 aliphatic heterocycles. The number of ether oxygens (including phenoxy) is 2. The minimum atomic E-state index is -3.55. The van der Waals surface area contributed by atoms with Gasteiger partial charge in [-0.15, -0.1) is 0 Å². The number of nitrogens with zero attached hydrogens (tertiary/aromatic N) is 2. The minimum Gasteiger partial charge on any atom is -0.468 e. The quantitative estimate of drug-likeness (QED) is 0.414. The van der Waals surface area contributed by atoms with Crippen LogP contribution in [-0.4, -0.2) is 70.9 Å². The average Bonchev–Trinajstić information content (AvgIpc) is 3.00. The maximum absolute atomic E-state index is 12.3. The van der Waals surface area contributed by atoms with Crippen LogP contribution in [0.2, 0.25) is 0 Å². The third-order valence-corrected chi connectivity index (χ3v) is 5.83. The molecule has 0 radical (unpaired) electrons. The van der Waals surface area contributed by atoms with Crippen molar-refractivity contribution in [2.24, 2.45) is 4.99 Å². The Morgan fingerprint density at radius 1 is 1.00 bits per heavy atom. The van der Waals surface area contributed by atoms with E-state index in [0.717, 1.165) is 4.90 Å². The first-order valence-corrected chi connectivity index (χ1v) is 10.8. The van der Waals surface area contributed by atoms with Crippen LogP contribution in [0.15, 0.2) is 34.2 Å². The third kappa shape index (κ3) is 6.28. The van der Waals surface area contributed by atoms with E-state index in [1.54, 1.807) is 18.2 Å². The summed E-state index contributed by atoms with van der Waals surface area (Å²) in [6, 6.07) is 6.63. The first-order chi connectivity index (χ1) is 14.3. The van der Waals surface area contributed by atoms with Crippen molar-refractivity contribution in [3.63, 3.8) is 0 Å². The first kappa shape index (κ1) is 23.3. The summed E-state index contributed by atoms with van der Waals surface area (Å²) in [4.78, 5) is 40.8. The summed E-state index contributed by atoms with van der Waals surface area (Å²) in [5.41, 5.74) is 0.550. The predicted molar refractivity (Wildman–Crippen MR) is 107 cm³/mol. The fourth-order valence-corrected chi connectivity index (χ4v) is 4.09. The number of sulfonamides is 1. The summed E-state index contributed by atoms with van der Waals surface area (Å²) >= 11 is 0. The second-order valence-corrected chi connectivity index (χ2v) is 8.20. The fourth-order valence-electron chi connectivity index (χ4n) is 2.84. The Kier molecular flexibility index (Phi) is 8.34. The lowest BCUT2D eigenvalue weighted by molar-refractivity contribution is -0.152. The van der Waals surface area contributed by atoms with Crippen molar-refractivity contribution in [2.75, 3.05) is 33.9 Å². The van der Waals surface area contributed by atoms with E-state index in [-0.39, 0.29) is 30.3 Å². The standard InChI is InChI=1S/C19H25N3O7S/c1-28-17(24)12-22(13-18(25)29-2)16(23)10-4-3-7-11-20-19-14-8-5-6-9-15(14)30(26,27)21-19/h5-6,8-9H,3-4,7,10-13H2,1-2H3,(H,20,21). The number of esters is 2. The molecule has 0 bridgehead atoms. The highest BCUT2D eigenvalue weighted by Crippen LogP contribution is 2.22. The smallest absolute Gasteiger partial charge is 0.325 e. The van der Waals surface area contributed by atoms with Gasteiger partial charge in [-0.3, -0.25) is 24.1 Å². The zero-order valence-electron chi connectivity index (χ0n) is 16.9. The van der Waals surface area contributed by atoms with Gasteiger partial charge >= 0.3 is 11.9 Å². The van der Waals surface area contributed by atoms with Crippen molar-refractivity contribution in [1.29, 1.82) is 0 Å². The van der Waals surface area contributed by atoms with E-state index in [2.05, 4.69) is 19.2 Å². The number of hydrogen-bond acceptors (Lipinski definition) is 8. The number of amidine groups is 1. The zero-order chi connectivity index (χ0) is 22.1. The van der Waals surface area contributed by atoms with Gasteiger partial charge in [0.15, 0.2) is 0 Å². The molecule has 1 aliphatic rings. The van der Waals surface area contributed by atoms with E-state index in [9.17, 15) is 22.8 Å². The molecule has 2 rings (SSSR count). The maximum atomic E-state index is 12.3. The molecule has 0 fully saturated rings. The van der Waals surface area contributed by atoms with Crippen molar-refractivity contribution < 1.29 is 32.3 Å². The number of amides is 1. The van der Waals surface area contributed by atoms with Crippen LogP contribution in [0, 0.1) is 0 Å². The topological polar surface area (TPSA) is 131 Å². The molecular weight excluding hydrogens is 414 g/mol. The Hall–Kier alpha value is -2.95. The van der Waals surface area contributed by atoms with Crippen LogP contribution in [0.25, 0.3) is 0 Å². The molecule has 0 unspecified atom stereocenters. The predicted octanol–water partition coefficient (Wildman–Crippen LogP) is 0.460. The van der Waals surface area contributed by atoms with E-state index in [0.29, 0.717) is 37.2 Å². The van der Waals surface area contributed by atoms with Gasteiger partial charge in [-0.2, -0.15) is 0 Å². The lowest BCUT2D eigenvalue weighted by atomic mass is 10.1. The summed E-state index contributed by atoms with van der Waals surface area (Å²) in [5.74, 6) is -1.27. The van der Waals surface area contributed by atoms with Crippen LogP contribution in [0.1, 0.15) is 31.2 Å². The van der Waals surface area contributed by atoms with E-state index >= 15 is 0 Å². The summed E-state index contributed by atoms with van der Waals surface area (Å²) in [7, 11) is -1.15. The van der Waals surface area contributed by atoms with Crippen LogP contribution in [0.4, 0.5) is 0 Å². The second-order valence-electron chi connectivity index (χ2n) is 6.54. The number of nitrogens with one attached hydrogen (secondary N) is 1. The van der Waals surface area contributed by atoms with E-state index < -0.39 is 22.0 Å². The van der Waals surface area contributed by atoms with Gasteiger partial charge < -0.3 is 14.4 Å². The lowest BCUT2D eigenvalue weighted by Crippen LogP contribution is -2.40. The molecule has 0 spiro atoms. The summed E-state index contributed by atoms with van der Waals surface area (Å²) < 4.78 is 35.6. The van der Waals surface area contributed by atoms with Crippen molar-refractivity contribution in [3.05, 3.63) is 29.8 Å². The molecule has 0 aromatic heterocycles. The number of benzene rings is 1. The molecular formula is C19H25N3O7S. The lowest BCUT2D eigenvalue weighted by Gasteiger charge is -2.20. The molecule has 0 saturated heterocycles. The Morgan fingerprint density at radius 3 is 2.27 bits per heavy atom. The van der Waals surface area contributed by atoms with Gasteiger partial charge in [-0.05, 0) is 25.0 Å². The third-order valence-electron chi connectivity index (χ3n) is 4.43. The number of aliphatic imine (C=N–C) groups is 1. The largest absolute Gasteiger partial charge is 0.468 e. The normalized spacial score (nSPS) is 15.2. The maximum Gasteiger partial charge on any atom is 0.325 e. The molecule has 1 aromatic rings. The highest BCUT2D eigenvalue weighted by molar-refractivity contribution is 7.90. The highest BCUT2D eigenvalue weighted by atomic mass is 32.2. The molecule has 0 atom stereocenters. The van der Waals surface area contributed by atoms with Crippen molar-refractivity contribution in [3.8, 4) is 0 Å². The van der Waals surface area contributed by atoms with Gasteiger partial charge in [0.1, 0.15) is 18.9 Å². The second kappa shape index (κ2) is 10.7. The Balaban J connectivity index is 1.80. The van der Waals surface area contributed by atoms with Crippen LogP contribution in [-0.2, 0) is 33.9 Å². The van der Waals surface area contributed by atoms with Crippen molar-refractivity contribution in [1.82, 2.24) is 9.62 Å². The SMILES string of the molecule is COC(=O)CN(CC(=O)OC)C(=O)CCCCCN=C1NS(=O)(=O)c2ccccc21. The molecule has 164 valence electrons. The van der Waals surface area contributed by atoms with Gasteiger partial charge in [0.25, 0.3) is 10.0 Å². The van der Waals surface area contributed by atoms with Crippen LogP contribution >= 0.6 is 0 Å². The van der Waals surface area contributed by atoms with Gasteiger partial charge in [-0.25, -0.2) is 8.42 Å². The van der Waals surface area contributed by atoms with E-state index in [1.807, 2.05) is 0 Å². The van der Waals surface area contributed by atoms with Gasteiger partial charge in [0.2, 0.25) is 5.91 Å². The number of hydrogen-bond donors (Lipinski definition) is 1. The number of methoxy groups -OCH3 is 2. The number of unbranched alkanes of at least 4 members (excludes halogenated alkanes) is 2. The summed E-state index contributed by atoms with van der Waals surface area (Å²) in [5, 5.41) is 0. The number of fused-ring (bicyclic) bond motifs is 1. The molecule has 30 heavy (non-hydrogen) atoms. The molecule has 10 nitrogen and oxygen atoms in total. The molecule has 1 heterocycles. The molecule has 11 heteroatoms. The molecule has 1 N–H and O–H groups in total. The van der Waals surface area contributed by atoms with Crippen molar-refractivity contribution in [2.45, 2.75) is 30.6 Å². The van der Waals surface area contributed by atoms with E-state index in [1.165, 1.54) is 20.3 Å². The fraction of sp³-hybridized carbons (Fsp3) is 0.474. The Morgan fingerprint density at radius 2 is 1.63 bits per heavy atom. The van der Waals surface area contributed by atoms with Gasteiger partial charge in [-0.1, -0.05) is 18.6 Å². The van der Waals surface area contributed by atoms with E-state index in [4.69, 9.17) is 0 Å². The van der Waals surface area contributed by atoms with Crippen LogP contribution in [0.3, 0.4) is 0 Å². The van der Waals surface area contributed by atoms with Crippen molar-refractivity contribution >= 4 is 33.7 Å². The average molecular weight is 439 g/mol. The van der Waals surface area contributed by atoms with Crippen LogP contribution in [0.5, 0.6) is 0 Å². The molecule has 0 saturated carbocycles. The monoisotopic (exact) mass is 439 g/mol. The molecule has 1 amide bonds. The summed E-state index contributed by atoms with van der Waals surface area (Å²) in [6.45, 7) is -0.246. The summed E-state index contributed by atoms with van der Waals surface area (Å²) in [6.07, 6.45) is 2.00.